The van der Waals surface area contributed by atoms with Gasteiger partial charge in [0, 0.05) is 62.8 Å². The van der Waals surface area contributed by atoms with E-state index in [1.165, 1.54) is 48.2 Å². The molecule has 3 N–H and O–H groups in total. The number of carbonyl (C=O) groups is 6. The predicted molar refractivity (Wildman–Crippen MR) is 271 cm³/mol. The summed E-state index contributed by atoms with van der Waals surface area (Å²) in [5, 5.41) is 6.51. The third-order valence-corrected chi connectivity index (χ3v) is 13.7. The fourth-order valence-corrected chi connectivity index (χ4v) is 9.62. The molecule has 2 aliphatic rings. The van der Waals surface area contributed by atoms with Crippen LogP contribution < -0.4 is 10.6 Å². The quantitative estimate of drug-likeness (QED) is 0.107. The van der Waals surface area contributed by atoms with Crippen LogP contribution in [0.5, 0.6) is 0 Å². The minimum Gasteiger partial charge on any atom is -0.444 e. The number of fused-ring (bicyclic) bond motifs is 2. The van der Waals surface area contributed by atoms with E-state index in [9.17, 15) is 28.8 Å². The van der Waals surface area contributed by atoms with Gasteiger partial charge in [-0.3, -0.25) is 29.0 Å². The van der Waals surface area contributed by atoms with E-state index in [2.05, 4.69) is 22.5 Å². The summed E-state index contributed by atoms with van der Waals surface area (Å²) in [4.78, 5) is 96.5. The molecule has 2 aliphatic heterocycles. The summed E-state index contributed by atoms with van der Waals surface area (Å²) >= 11 is 0. The Labute approximate surface area is 421 Å². The number of H-pyrrole nitrogens is 1. The summed E-state index contributed by atoms with van der Waals surface area (Å²) in [6, 6.07) is 4.41. The maximum atomic E-state index is 15.0. The molecule has 19 heteroatoms. The Morgan fingerprint density at radius 1 is 0.819 bits per heavy atom. The molecule has 4 aromatic rings. The lowest BCUT2D eigenvalue weighted by atomic mass is 9.97. The average molecular weight is 1000 g/mol. The van der Waals surface area contributed by atoms with E-state index in [4.69, 9.17) is 14.5 Å². The van der Waals surface area contributed by atoms with Crippen LogP contribution in [0.3, 0.4) is 0 Å². The number of likely N-dealkylation sites (N-methyl/N-ethyl adjacent to an activating group) is 2. The van der Waals surface area contributed by atoms with Crippen molar-refractivity contribution in [2.24, 2.45) is 11.8 Å². The number of hydrogen-bond donors (Lipinski definition) is 3. The lowest BCUT2D eigenvalue weighted by Crippen LogP contribution is -2.56. The fraction of sp³-hybridized carbons (Fsp3) is 0.604. The summed E-state index contributed by atoms with van der Waals surface area (Å²) in [6.07, 6.45) is 1.21. The van der Waals surface area contributed by atoms with Crippen LogP contribution in [0.1, 0.15) is 114 Å². The molecule has 0 spiro atoms. The number of nitrogens with zero attached hydrogens (tertiary/aromatic N) is 6. The molecule has 2 aromatic carbocycles. The minimum atomic E-state index is -0.942. The van der Waals surface area contributed by atoms with E-state index in [0.717, 1.165) is 5.56 Å². The first kappa shape index (κ1) is 55.1. The first-order valence-corrected chi connectivity index (χ1v) is 25.2. The topological polar surface area (TPSA) is 192 Å². The summed E-state index contributed by atoms with van der Waals surface area (Å²) in [5.74, 6) is -2.30. The zero-order valence-corrected chi connectivity index (χ0v) is 44.4. The third-order valence-electron chi connectivity index (χ3n) is 13.7. The summed E-state index contributed by atoms with van der Waals surface area (Å²) < 4.78 is 42.9. The van der Waals surface area contributed by atoms with Gasteiger partial charge in [-0.05, 0) is 135 Å². The number of carbonyl (C=O) groups excluding carboxylic acids is 6. The van der Waals surface area contributed by atoms with Gasteiger partial charge in [-0.1, -0.05) is 27.7 Å². The van der Waals surface area contributed by atoms with Crippen molar-refractivity contribution in [3.05, 3.63) is 53.6 Å². The second-order valence-corrected chi connectivity index (χ2v) is 22.1. The standard InChI is InChI=1S/C53H75F2N9O8/c1-15-39(58-46(65)31(5)60(13)50(69)71-52(7,8)9)48(67)63-27-30(4)23-36(63)26-38-37-20-18-33(54)24-40(37)56-44(38)45-57-41-25-34(55)19-21-42(41)64(45)28-35-17-16-22-62(35)49(68)43(29(2)3)59-47(66)32(6)61(14)51(70)72-53(10,11)12/h18-21,24-25,29-32,35-36,39,43,56H,15-17,22-23,26-28H2,1-14H3,(H,58,65)(H,59,66)/t30-,31-,32-,35-,36-,39-,43-/m0/s1. The van der Waals surface area contributed by atoms with Crippen molar-refractivity contribution in [2.45, 2.75) is 169 Å². The van der Waals surface area contributed by atoms with E-state index >= 15 is 8.78 Å². The maximum absolute atomic E-state index is 15.0. The number of imidazole rings is 1. The highest BCUT2D eigenvalue weighted by Gasteiger charge is 2.41. The van der Waals surface area contributed by atoms with Gasteiger partial charge in [0.25, 0.3) is 0 Å². The van der Waals surface area contributed by atoms with E-state index in [0.29, 0.717) is 78.6 Å². The smallest absolute Gasteiger partial charge is 0.410 e. The third kappa shape index (κ3) is 12.5. The Morgan fingerprint density at radius 2 is 1.40 bits per heavy atom. The average Bonchev–Trinajstić information content (AvgIpc) is 4.08. The van der Waals surface area contributed by atoms with Crippen LogP contribution in [0.4, 0.5) is 18.4 Å². The molecule has 0 saturated carbocycles. The van der Waals surface area contributed by atoms with Gasteiger partial charge < -0.3 is 39.5 Å². The summed E-state index contributed by atoms with van der Waals surface area (Å²) in [7, 11) is 2.95. The molecule has 72 heavy (non-hydrogen) atoms. The fourth-order valence-electron chi connectivity index (χ4n) is 9.62. The van der Waals surface area contributed by atoms with Crippen molar-refractivity contribution >= 4 is 57.8 Å². The zero-order chi connectivity index (χ0) is 53.3. The van der Waals surface area contributed by atoms with Crippen LogP contribution in [-0.4, -0.2) is 145 Å². The SMILES string of the molecule is CC[C@H](NC(=O)[C@H](C)N(C)C(=O)OC(C)(C)C)C(=O)N1C[C@@H](C)C[C@H]1Cc1c(-c2nc3cc(F)ccc3n2C[C@@H]2CCCN2C(=O)[C@@H](NC(=O)[C@H](C)N(C)C(=O)OC(C)(C)C)C(C)C)[nH]c2cc(F)ccc12. The Hall–Kier alpha value is -6.27. The van der Waals surface area contributed by atoms with E-state index in [1.54, 1.807) is 77.3 Å². The molecule has 2 fully saturated rings. The Balaban J connectivity index is 1.31. The molecule has 6 amide bonds. The van der Waals surface area contributed by atoms with Crippen molar-refractivity contribution in [3.8, 4) is 11.5 Å². The number of amides is 6. The Bertz CT molecular complexity index is 2670. The van der Waals surface area contributed by atoms with Crippen LogP contribution in [0, 0.1) is 23.5 Å². The molecule has 0 bridgehead atoms. The monoisotopic (exact) mass is 1000 g/mol. The molecule has 7 atom stereocenters. The number of benzene rings is 2. The van der Waals surface area contributed by atoms with Gasteiger partial charge in [-0.15, -0.1) is 0 Å². The van der Waals surface area contributed by atoms with Gasteiger partial charge in [-0.2, -0.15) is 0 Å². The van der Waals surface area contributed by atoms with Crippen LogP contribution in [0.15, 0.2) is 36.4 Å². The maximum Gasteiger partial charge on any atom is 0.410 e. The molecule has 0 radical (unpaired) electrons. The summed E-state index contributed by atoms with van der Waals surface area (Å²) in [5.41, 5.74) is 1.23. The van der Waals surface area contributed by atoms with E-state index in [-0.39, 0.29) is 42.3 Å². The molecule has 0 aliphatic carbocycles. The van der Waals surface area contributed by atoms with Crippen LogP contribution in [-0.2, 0) is 41.6 Å². The second-order valence-electron chi connectivity index (χ2n) is 22.1. The zero-order valence-electron chi connectivity index (χ0n) is 44.4. The molecule has 4 heterocycles. The van der Waals surface area contributed by atoms with Gasteiger partial charge >= 0.3 is 12.2 Å². The Kier molecular flexibility index (Phi) is 16.7. The van der Waals surface area contributed by atoms with Crippen LogP contribution in [0.25, 0.3) is 33.5 Å². The number of hydrogen-bond acceptors (Lipinski definition) is 9. The number of aromatic amines is 1. The molecule has 6 rings (SSSR count). The van der Waals surface area contributed by atoms with E-state index < -0.39 is 71.0 Å². The van der Waals surface area contributed by atoms with Gasteiger partial charge in [0.15, 0.2) is 5.82 Å². The molecule has 2 aromatic heterocycles. The molecule has 0 unspecified atom stereocenters. The normalized spacial score (nSPS) is 19.0. The van der Waals surface area contributed by atoms with Crippen molar-refractivity contribution in [1.29, 1.82) is 0 Å². The highest BCUT2D eigenvalue weighted by Crippen LogP contribution is 2.38. The highest BCUT2D eigenvalue weighted by atomic mass is 19.1. The number of ether oxygens (including phenoxy) is 2. The first-order valence-electron chi connectivity index (χ1n) is 25.2. The highest BCUT2D eigenvalue weighted by molar-refractivity contribution is 5.94. The van der Waals surface area contributed by atoms with Gasteiger partial charge in [-0.25, -0.2) is 23.4 Å². The van der Waals surface area contributed by atoms with Gasteiger partial charge in [0.1, 0.15) is 47.0 Å². The van der Waals surface area contributed by atoms with Gasteiger partial charge in [0.2, 0.25) is 23.6 Å². The number of halogens is 2. The number of rotatable bonds is 15. The molecular formula is C53H75F2N9O8. The molecule has 17 nitrogen and oxygen atoms in total. The van der Waals surface area contributed by atoms with Crippen molar-refractivity contribution < 1.29 is 47.0 Å². The molecule has 2 saturated heterocycles. The lowest BCUT2D eigenvalue weighted by Gasteiger charge is -2.33. The molecular weight excluding hydrogens is 929 g/mol. The number of likely N-dealkylation sites (tertiary alicyclic amines) is 2. The molecule has 394 valence electrons. The lowest BCUT2D eigenvalue weighted by molar-refractivity contribution is -0.139. The second kappa shape index (κ2) is 21.8. The van der Waals surface area contributed by atoms with Crippen molar-refractivity contribution in [1.82, 2.24) is 44.8 Å². The largest absolute Gasteiger partial charge is 0.444 e. The Morgan fingerprint density at radius 3 is 1.99 bits per heavy atom. The van der Waals surface area contributed by atoms with Crippen molar-refractivity contribution in [3.63, 3.8) is 0 Å². The van der Waals surface area contributed by atoms with Gasteiger partial charge in [0.05, 0.1) is 16.7 Å². The van der Waals surface area contributed by atoms with Crippen LogP contribution >= 0.6 is 0 Å². The van der Waals surface area contributed by atoms with Crippen molar-refractivity contribution in [2.75, 3.05) is 27.2 Å². The first-order chi connectivity index (χ1) is 33.6. The summed E-state index contributed by atoms with van der Waals surface area (Å²) in [6.45, 7) is 22.2. The minimum absolute atomic E-state index is 0.0995. The van der Waals surface area contributed by atoms with Crippen LogP contribution in [0.2, 0.25) is 0 Å². The number of nitrogens with one attached hydrogen (secondary N) is 3. The number of aromatic nitrogens is 3. The van der Waals surface area contributed by atoms with E-state index in [1.807, 2.05) is 25.3 Å². The predicted octanol–water partition coefficient (Wildman–Crippen LogP) is 7.78.